The molecule has 1 rings (SSSR count). The van der Waals surface area contributed by atoms with Crippen LogP contribution < -0.4 is 4.90 Å². The third kappa shape index (κ3) is 5.89. The van der Waals surface area contributed by atoms with Crippen LogP contribution in [0.1, 0.15) is 50.9 Å². The van der Waals surface area contributed by atoms with E-state index >= 15 is 0 Å². The second-order valence-electron chi connectivity index (χ2n) is 5.72. The molecule has 25 heavy (non-hydrogen) atoms. The predicted molar refractivity (Wildman–Crippen MR) is 97.6 cm³/mol. The number of ether oxygens (including phenoxy) is 1. The van der Waals surface area contributed by atoms with Crippen LogP contribution in [0.5, 0.6) is 0 Å². The second-order valence-corrected chi connectivity index (χ2v) is 5.72. The fourth-order valence-corrected chi connectivity index (χ4v) is 2.59. The van der Waals surface area contributed by atoms with Gasteiger partial charge in [-0.1, -0.05) is 26.0 Å². The number of esters is 1. The zero-order valence-corrected chi connectivity index (χ0v) is 15.6. The maximum Gasteiger partial charge on any atom is 0.340 e. The Morgan fingerprint density at radius 3 is 2.12 bits per heavy atom. The Balaban J connectivity index is 3.11. The molecule has 0 N–H and O–H groups in total. The van der Waals surface area contributed by atoms with Gasteiger partial charge in [-0.25, -0.2) is 4.79 Å². The Kier molecular flexibility index (Phi) is 8.67. The standard InChI is InChI=1S/C19H28N2O4/c1-5-12-20(13-6-2)18(23)14-21(15(4)22)17-11-9-8-10-16(17)19(24)25-7-3/h8-11H,5-7,12-14H2,1-4H3. The van der Waals surface area contributed by atoms with E-state index < -0.39 is 5.97 Å². The minimum absolute atomic E-state index is 0.0915. The molecule has 0 atom stereocenters. The summed E-state index contributed by atoms with van der Waals surface area (Å²) >= 11 is 0. The topological polar surface area (TPSA) is 66.9 Å². The molecule has 1 aromatic carbocycles. The van der Waals surface area contributed by atoms with Crippen molar-refractivity contribution >= 4 is 23.5 Å². The maximum absolute atomic E-state index is 12.6. The molecular weight excluding hydrogens is 320 g/mol. The molecule has 0 aliphatic heterocycles. The number of carbonyl (C=O) groups is 3. The van der Waals surface area contributed by atoms with Crippen molar-refractivity contribution in [2.45, 2.75) is 40.5 Å². The number of rotatable bonds is 9. The van der Waals surface area contributed by atoms with E-state index in [2.05, 4.69) is 0 Å². The van der Waals surface area contributed by atoms with Crippen molar-refractivity contribution in [2.75, 3.05) is 31.1 Å². The molecule has 0 heterocycles. The van der Waals surface area contributed by atoms with E-state index in [1.165, 1.54) is 11.8 Å². The lowest BCUT2D eigenvalue weighted by molar-refractivity contribution is -0.131. The molecule has 0 aliphatic carbocycles. The summed E-state index contributed by atoms with van der Waals surface area (Å²) < 4.78 is 5.06. The van der Waals surface area contributed by atoms with Gasteiger partial charge in [0.25, 0.3) is 0 Å². The van der Waals surface area contributed by atoms with Crippen LogP contribution in [0.2, 0.25) is 0 Å². The van der Waals surface area contributed by atoms with Crippen molar-refractivity contribution in [3.05, 3.63) is 29.8 Å². The third-order valence-electron chi connectivity index (χ3n) is 3.70. The largest absolute Gasteiger partial charge is 0.462 e. The van der Waals surface area contributed by atoms with Gasteiger partial charge in [-0.2, -0.15) is 0 Å². The van der Waals surface area contributed by atoms with Crippen LogP contribution in [0, 0.1) is 0 Å². The molecule has 0 unspecified atom stereocenters. The van der Waals surface area contributed by atoms with Gasteiger partial charge in [0.2, 0.25) is 11.8 Å². The highest BCUT2D eigenvalue weighted by Crippen LogP contribution is 2.22. The van der Waals surface area contributed by atoms with Crippen LogP contribution in [0.3, 0.4) is 0 Å². The molecule has 6 heteroatoms. The first-order valence-corrected chi connectivity index (χ1v) is 8.78. The fourth-order valence-electron chi connectivity index (χ4n) is 2.59. The minimum atomic E-state index is -0.504. The number of anilines is 1. The van der Waals surface area contributed by atoms with Gasteiger partial charge in [0.1, 0.15) is 6.54 Å². The van der Waals surface area contributed by atoms with Crippen LogP contribution in [0.15, 0.2) is 24.3 Å². The Bertz CT molecular complexity index is 595. The van der Waals surface area contributed by atoms with Crippen molar-refractivity contribution in [1.29, 1.82) is 0 Å². The highest BCUT2D eigenvalue weighted by Gasteiger charge is 2.24. The average Bonchev–Trinajstić information content (AvgIpc) is 2.59. The normalized spacial score (nSPS) is 10.2. The molecule has 0 aliphatic rings. The number of hydrogen-bond acceptors (Lipinski definition) is 4. The van der Waals surface area contributed by atoms with E-state index in [0.29, 0.717) is 18.8 Å². The van der Waals surface area contributed by atoms with Gasteiger partial charge < -0.3 is 14.5 Å². The zero-order valence-electron chi connectivity index (χ0n) is 15.6. The van der Waals surface area contributed by atoms with Gasteiger partial charge in [0.15, 0.2) is 0 Å². The molecule has 0 fully saturated rings. The summed E-state index contributed by atoms with van der Waals surface area (Å²) in [6, 6.07) is 6.69. The number of carbonyl (C=O) groups excluding carboxylic acids is 3. The molecular formula is C19H28N2O4. The highest BCUT2D eigenvalue weighted by molar-refractivity contribution is 6.04. The summed E-state index contributed by atoms with van der Waals surface area (Å²) in [5, 5.41) is 0. The van der Waals surface area contributed by atoms with Crippen LogP contribution in [0.25, 0.3) is 0 Å². The van der Waals surface area contributed by atoms with Gasteiger partial charge >= 0.3 is 5.97 Å². The lowest BCUT2D eigenvalue weighted by Gasteiger charge is -2.27. The third-order valence-corrected chi connectivity index (χ3v) is 3.70. The van der Waals surface area contributed by atoms with Gasteiger partial charge in [-0.15, -0.1) is 0 Å². The summed E-state index contributed by atoms with van der Waals surface area (Å²) in [7, 11) is 0. The van der Waals surface area contributed by atoms with Crippen LogP contribution in [0.4, 0.5) is 5.69 Å². The fraction of sp³-hybridized carbons (Fsp3) is 0.526. The summed E-state index contributed by atoms with van der Waals surface area (Å²) in [6.45, 7) is 8.58. The van der Waals surface area contributed by atoms with Gasteiger partial charge in [0.05, 0.1) is 17.9 Å². The maximum atomic E-state index is 12.6. The van der Waals surface area contributed by atoms with Crippen molar-refractivity contribution in [2.24, 2.45) is 0 Å². The SMILES string of the molecule is CCCN(CCC)C(=O)CN(C(C)=O)c1ccccc1C(=O)OCC. The summed E-state index contributed by atoms with van der Waals surface area (Å²) in [6.07, 6.45) is 1.70. The predicted octanol–water partition coefficient (Wildman–Crippen LogP) is 2.86. The van der Waals surface area contributed by atoms with Crippen LogP contribution in [-0.2, 0) is 14.3 Å². The molecule has 0 radical (unpaired) electrons. The molecule has 0 bridgehead atoms. The van der Waals surface area contributed by atoms with Crippen molar-refractivity contribution in [3.63, 3.8) is 0 Å². The van der Waals surface area contributed by atoms with Crippen molar-refractivity contribution in [3.8, 4) is 0 Å². The molecule has 1 aromatic rings. The molecule has 138 valence electrons. The molecule has 0 spiro atoms. The summed E-state index contributed by atoms with van der Waals surface area (Å²) in [4.78, 5) is 40.0. The van der Waals surface area contributed by atoms with E-state index in [9.17, 15) is 14.4 Å². The molecule has 2 amide bonds. The Morgan fingerprint density at radius 1 is 1.00 bits per heavy atom. The first-order valence-electron chi connectivity index (χ1n) is 8.78. The smallest absolute Gasteiger partial charge is 0.340 e. The van der Waals surface area contributed by atoms with E-state index in [1.807, 2.05) is 13.8 Å². The summed E-state index contributed by atoms with van der Waals surface area (Å²) in [5.41, 5.74) is 0.680. The monoisotopic (exact) mass is 348 g/mol. The van der Waals surface area contributed by atoms with Gasteiger partial charge in [0, 0.05) is 20.0 Å². The number of hydrogen-bond donors (Lipinski definition) is 0. The molecule has 6 nitrogen and oxygen atoms in total. The quantitative estimate of drug-likeness (QED) is 0.644. The molecule has 0 saturated heterocycles. The molecule has 0 aromatic heterocycles. The van der Waals surface area contributed by atoms with E-state index in [-0.39, 0.29) is 30.5 Å². The number of amides is 2. The second kappa shape index (κ2) is 10.5. The first kappa shape index (κ1) is 20.7. The van der Waals surface area contributed by atoms with E-state index in [1.54, 1.807) is 36.1 Å². The van der Waals surface area contributed by atoms with Crippen LogP contribution in [-0.4, -0.2) is 48.9 Å². The van der Waals surface area contributed by atoms with Gasteiger partial charge in [-0.3, -0.25) is 9.59 Å². The molecule has 0 saturated carbocycles. The number of benzene rings is 1. The Morgan fingerprint density at radius 2 is 1.60 bits per heavy atom. The Labute approximate surface area is 149 Å². The van der Waals surface area contributed by atoms with Gasteiger partial charge in [-0.05, 0) is 31.9 Å². The lowest BCUT2D eigenvalue weighted by Crippen LogP contribution is -2.43. The average molecular weight is 348 g/mol. The van der Waals surface area contributed by atoms with Crippen molar-refractivity contribution < 1.29 is 19.1 Å². The number of para-hydroxylation sites is 1. The number of nitrogens with zero attached hydrogens (tertiary/aromatic N) is 2. The van der Waals surface area contributed by atoms with Crippen LogP contribution >= 0.6 is 0 Å². The van der Waals surface area contributed by atoms with E-state index in [0.717, 1.165) is 12.8 Å². The zero-order chi connectivity index (χ0) is 18.8. The first-order chi connectivity index (χ1) is 12.0. The highest BCUT2D eigenvalue weighted by atomic mass is 16.5. The van der Waals surface area contributed by atoms with E-state index in [4.69, 9.17) is 4.74 Å². The Hall–Kier alpha value is -2.37. The minimum Gasteiger partial charge on any atom is -0.462 e. The lowest BCUT2D eigenvalue weighted by atomic mass is 10.1. The summed E-state index contributed by atoms with van der Waals surface area (Å²) in [5.74, 6) is -0.925. The van der Waals surface area contributed by atoms with Crippen molar-refractivity contribution in [1.82, 2.24) is 4.90 Å².